The molecule has 1 N–H and O–H groups in total. The minimum Gasteiger partial charge on any atom is -0.497 e. The predicted octanol–water partition coefficient (Wildman–Crippen LogP) is 2.20. The Hall–Kier alpha value is -1.85. The van der Waals surface area contributed by atoms with E-state index in [0.29, 0.717) is 16.6 Å². The summed E-state index contributed by atoms with van der Waals surface area (Å²) in [6, 6.07) is 11.7. The monoisotopic (exact) mass is 328 g/mol. The average Bonchev–Trinajstić information content (AvgIpc) is 2.65. The molecule has 1 aliphatic rings. The van der Waals surface area contributed by atoms with Crippen LogP contribution in [0.25, 0.3) is 0 Å². The molecule has 1 heterocycles. The van der Waals surface area contributed by atoms with Crippen LogP contribution in [0.4, 0.5) is 5.69 Å². The second kappa shape index (κ2) is 6.11. The van der Waals surface area contributed by atoms with Crippen LogP contribution in [0.15, 0.2) is 41.4 Å². The van der Waals surface area contributed by atoms with Crippen LogP contribution in [0.5, 0.6) is 5.75 Å². The molecular weight excluding hydrogens is 315 g/mol. The third kappa shape index (κ3) is 2.74. The van der Waals surface area contributed by atoms with E-state index in [9.17, 15) is 0 Å². The SMILES string of the molecule is Bc1cc2c(cc1OC)NC(=S)CN=C2c1ccccc1Cl. The van der Waals surface area contributed by atoms with Crippen molar-refractivity contribution in [2.75, 3.05) is 19.0 Å². The maximum absolute atomic E-state index is 6.35. The molecule has 3 rings (SSSR count). The van der Waals surface area contributed by atoms with Gasteiger partial charge < -0.3 is 10.1 Å². The molecule has 0 saturated carbocycles. The van der Waals surface area contributed by atoms with E-state index in [-0.39, 0.29) is 0 Å². The summed E-state index contributed by atoms with van der Waals surface area (Å²) in [5.41, 5.74) is 4.66. The summed E-state index contributed by atoms with van der Waals surface area (Å²) < 4.78 is 5.40. The number of nitrogens with one attached hydrogen (secondary N) is 1. The summed E-state index contributed by atoms with van der Waals surface area (Å²) in [5.74, 6) is 0.814. The highest BCUT2D eigenvalue weighted by atomic mass is 35.5. The fourth-order valence-corrected chi connectivity index (χ4v) is 2.92. The third-order valence-corrected chi connectivity index (χ3v) is 4.13. The van der Waals surface area contributed by atoms with Crippen molar-refractivity contribution in [3.8, 4) is 5.75 Å². The van der Waals surface area contributed by atoms with E-state index in [2.05, 4.69) is 16.4 Å². The van der Waals surface area contributed by atoms with E-state index in [0.717, 1.165) is 33.7 Å². The van der Waals surface area contributed by atoms with E-state index in [1.54, 1.807) is 7.11 Å². The minimum atomic E-state index is 0.436. The molecule has 2 aromatic carbocycles. The Labute approximate surface area is 140 Å². The molecule has 0 saturated heterocycles. The van der Waals surface area contributed by atoms with Crippen LogP contribution in [-0.2, 0) is 0 Å². The van der Waals surface area contributed by atoms with Gasteiger partial charge in [-0.3, -0.25) is 4.99 Å². The first-order valence-electron chi connectivity index (χ1n) is 6.88. The molecule has 0 aromatic heterocycles. The number of hydrogen-bond donors (Lipinski definition) is 1. The third-order valence-electron chi connectivity index (χ3n) is 3.57. The lowest BCUT2D eigenvalue weighted by atomic mass is 9.89. The molecule has 0 fully saturated rings. The van der Waals surface area contributed by atoms with Crippen LogP contribution in [0.1, 0.15) is 11.1 Å². The minimum absolute atomic E-state index is 0.436. The Kier molecular flexibility index (Phi) is 4.18. The van der Waals surface area contributed by atoms with Gasteiger partial charge in [0.25, 0.3) is 0 Å². The highest BCUT2D eigenvalue weighted by Gasteiger charge is 2.20. The lowest BCUT2D eigenvalue weighted by Gasteiger charge is -2.15. The number of methoxy groups -OCH3 is 1. The number of fused-ring (bicyclic) bond motifs is 1. The molecule has 2 aromatic rings. The number of rotatable bonds is 2. The van der Waals surface area contributed by atoms with E-state index in [1.165, 1.54) is 0 Å². The first-order valence-corrected chi connectivity index (χ1v) is 7.67. The van der Waals surface area contributed by atoms with Gasteiger partial charge in [0.15, 0.2) is 0 Å². The second-order valence-corrected chi connectivity index (χ2v) is 5.96. The molecule has 3 nitrogen and oxygen atoms in total. The molecule has 1 aliphatic heterocycles. The highest BCUT2D eigenvalue weighted by molar-refractivity contribution is 7.80. The Bertz CT molecular complexity index is 792. The van der Waals surface area contributed by atoms with E-state index >= 15 is 0 Å². The van der Waals surface area contributed by atoms with Crippen molar-refractivity contribution < 1.29 is 4.74 Å². The maximum Gasteiger partial charge on any atom is 0.144 e. The number of nitrogens with zero attached hydrogens (tertiary/aromatic N) is 1. The van der Waals surface area contributed by atoms with Crippen molar-refractivity contribution in [1.82, 2.24) is 0 Å². The molecule has 0 unspecified atom stereocenters. The topological polar surface area (TPSA) is 33.6 Å². The number of thiocarbonyl (C=S) groups is 1. The number of anilines is 1. The normalized spacial score (nSPS) is 13.7. The Morgan fingerprint density at radius 3 is 2.77 bits per heavy atom. The Morgan fingerprint density at radius 1 is 1.27 bits per heavy atom. The van der Waals surface area contributed by atoms with Crippen molar-refractivity contribution in [2.45, 2.75) is 0 Å². The van der Waals surface area contributed by atoms with Crippen LogP contribution in [0.3, 0.4) is 0 Å². The van der Waals surface area contributed by atoms with Gasteiger partial charge in [0.1, 0.15) is 18.6 Å². The first kappa shape index (κ1) is 15.1. The number of ether oxygens (including phenoxy) is 1. The molecule has 0 aliphatic carbocycles. The van der Waals surface area contributed by atoms with Gasteiger partial charge in [-0.05, 0) is 11.5 Å². The number of aliphatic imine (C=N–C) groups is 1. The summed E-state index contributed by atoms with van der Waals surface area (Å²) in [6.45, 7) is 0.436. The standard InChI is InChI=1S/C16H14BClN2OS/c1-21-14-7-13-10(6-11(14)17)16(19-8-15(22)20-13)9-4-2-3-5-12(9)18/h2-7H,8,17H2,1H3,(H,20,22). The van der Waals surface area contributed by atoms with E-state index in [1.807, 2.05) is 38.2 Å². The van der Waals surface area contributed by atoms with Gasteiger partial charge in [0, 0.05) is 22.2 Å². The van der Waals surface area contributed by atoms with Gasteiger partial charge in [0.2, 0.25) is 0 Å². The number of hydrogen-bond acceptors (Lipinski definition) is 3. The summed E-state index contributed by atoms with van der Waals surface area (Å²) in [7, 11) is 3.67. The van der Waals surface area contributed by atoms with Crippen molar-refractivity contribution in [3.05, 3.63) is 52.5 Å². The Morgan fingerprint density at radius 2 is 2.05 bits per heavy atom. The fourth-order valence-electron chi connectivity index (χ4n) is 2.52. The molecule has 0 spiro atoms. The quantitative estimate of drug-likeness (QED) is 0.678. The van der Waals surface area contributed by atoms with Crippen molar-refractivity contribution >= 4 is 53.5 Å². The number of benzodiazepines with no additional fused rings is 1. The van der Waals surface area contributed by atoms with Gasteiger partial charge in [-0.1, -0.05) is 48.1 Å². The maximum atomic E-state index is 6.35. The van der Waals surface area contributed by atoms with Crippen LogP contribution in [0, 0.1) is 0 Å². The smallest absolute Gasteiger partial charge is 0.144 e. The van der Waals surface area contributed by atoms with Crippen LogP contribution in [-0.4, -0.2) is 32.2 Å². The lowest BCUT2D eigenvalue weighted by molar-refractivity contribution is 0.418. The molecule has 0 amide bonds. The van der Waals surface area contributed by atoms with Crippen LogP contribution >= 0.6 is 23.8 Å². The molecule has 6 heteroatoms. The highest BCUT2D eigenvalue weighted by Crippen LogP contribution is 2.28. The summed E-state index contributed by atoms with van der Waals surface area (Å²) >= 11 is 11.7. The van der Waals surface area contributed by atoms with E-state index in [4.69, 9.17) is 28.6 Å². The van der Waals surface area contributed by atoms with Gasteiger partial charge in [-0.15, -0.1) is 0 Å². The summed E-state index contributed by atoms with van der Waals surface area (Å²) in [6.07, 6.45) is 0. The average molecular weight is 329 g/mol. The largest absolute Gasteiger partial charge is 0.497 e. The molecule has 0 atom stereocenters. The molecule has 0 bridgehead atoms. The first-order chi connectivity index (χ1) is 10.6. The van der Waals surface area contributed by atoms with Crippen LogP contribution in [0.2, 0.25) is 5.02 Å². The zero-order valence-corrected chi connectivity index (χ0v) is 13.9. The molecule has 110 valence electrons. The number of halogens is 1. The van der Waals surface area contributed by atoms with Crippen molar-refractivity contribution in [1.29, 1.82) is 0 Å². The fraction of sp³-hybridized carbons (Fsp3) is 0.125. The van der Waals surface area contributed by atoms with Crippen LogP contribution < -0.4 is 15.5 Å². The van der Waals surface area contributed by atoms with Gasteiger partial charge >= 0.3 is 0 Å². The van der Waals surface area contributed by atoms with Crippen molar-refractivity contribution in [2.24, 2.45) is 4.99 Å². The Balaban J connectivity index is 2.23. The molecule has 0 radical (unpaired) electrons. The van der Waals surface area contributed by atoms with E-state index < -0.39 is 0 Å². The van der Waals surface area contributed by atoms with Gasteiger partial charge in [-0.25, -0.2) is 0 Å². The predicted molar refractivity (Wildman–Crippen MR) is 99.4 cm³/mol. The summed E-state index contributed by atoms with van der Waals surface area (Å²) in [4.78, 5) is 5.34. The lowest BCUT2D eigenvalue weighted by Crippen LogP contribution is -2.15. The zero-order valence-electron chi connectivity index (χ0n) is 12.3. The molecular formula is C16H14BClN2OS. The number of benzene rings is 2. The molecule has 22 heavy (non-hydrogen) atoms. The van der Waals surface area contributed by atoms with Gasteiger partial charge in [-0.2, -0.15) is 0 Å². The second-order valence-electron chi connectivity index (χ2n) is 5.06. The van der Waals surface area contributed by atoms with Crippen molar-refractivity contribution in [3.63, 3.8) is 0 Å². The zero-order chi connectivity index (χ0) is 15.7. The van der Waals surface area contributed by atoms with Gasteiger partial charge in [0.05, 0.1) is 25.1 Å². The summed E-state index contributed by atoms with van der Waals surface area (Å²) in [5, 5.41) is 3.91.